The summed E-state index contributed by atoms with van der Waals surface area (Å²) in [5, 5.41) is 16.7. The Morgan fingerprint density at radius 1 is 1.27 bits per heavy atom. The zero-order chi connectivity index (χ0) is 11.5. The van der Waals surface area contributed by atoms with Crippen LogP contribution in [0.2, 0.25) is 0 Å². The molecule has 0 fully saturated rings. The third-order valence-electron chi connectivity index (χ3n) is 1.75. The van der Waals surface area contributed by atoms with Crippen LogP contribution in [0.4, 0.5) is 0 Å². The molecular formula is C7H9BO6S. The Balaban J connectivity index is 3.13. The fourth-order valence-electron chi connectivity index (χ4n) is 1.03. The van der Waals surface area contributed by atoms with Crippen LogP contribution in [-0.4, -0.2) is 32.3 Å². The maximum atomic E-state index is 11.2. The molecule has 0 atom stereocenters. The van der Waals surface area contributed by atoms with Gasteiger partial charge in [0.2, 0.25) is 0 Å². The quantitative estimate of drug-likeness (QED) is 0.423. The molecule has 6 nitrogen and oxygen atoms in total. The first-order valence-electron chi connectivity index (χ1n) is 3.89. The second-order valence-corrected chi connectivity index (χ2v) is 4.90. The Bertz CT molecular complexity index is 427. The van der Waals surface area contributed by atoms with Gasteiger partial charge in [-0.3, -0.25) is 20.1 Å². The summed E-state index contributed by atoms with van der Waals surface area (Å²) < 4.78 is 22.4. The molecule has 1 aromatic rings. The molecule has 0 saturated carbocycles. The summed E-state index contributed by atoms with van der Waals surface area (Å²) in [5.41, 5.74) is 0.183. The van der Waals surface area contributed by atoms with E-state index in [0.29, 0.717) is 0 Å². The van der Waals surface area contributed by atoms with Crippen molar-refractivity contribution < 1.29 is 28.5 Å². The highest BCUT2D eigenvalue weighted by Gasteiger charge is 2.23. The van der Waals surface area contributed by atoms with Crippen LogP contribution >= 0.6 is 0 Å². The molecule has 2 N–H and O–H groups in total. The molecule has 0 aromatic heterocycles. The lowest BCUT2D eigenvalue weighted by Gasteiger charge is -2.06. The second kappa shape index (κ2) is 4.73. The predicted octanol–water partition coefficient (Wildman–Crippen LogP) is -0.235. The molecule has 0 amide bonds. The van der Waals surface area contributed by atoms with E-state index >= 15 is 0 Å². The molecule has 8 heteroatoms. The zero-order valence-corrected chi connectivity index (χ0v) is 8.64. The van der Waals surface area contributed by atoms with E-state index < -0.39 is 17.0 Å². The molecule has 0 unspecified atom stereocenters. The van der Waals surface area contributed by atoms with Crippen LogP contribution < -0.4 is 5.46 Å². The molecule has 0 heterocycles. The van der Waals surface area contributed by atoms with Gasteiger partial charge >= 0.3 is 7.12 Å². The van der Waals surface area contributed by atoms with Crippen LogP contribution in [-0.2, 0) is 19.4 Å². The zero-order valence-electron chi connectivity index (χ0n) is 7.82. The van der Waals surface area contributed by atoms with Gasteiger partial charge in [-0.15, -0.1) is 0 Å². The maximum absolute atomic E-state index is 11.2. The minimum Gasteiger partial charge on any atom is -0.264 e. The largest absolute Gasteiger partial charge is 0.554 e. The summed E-state index contributed by atoms with van der Waals surface area (Å²) in [5.74, 6) is 0. The van der Waals surface area contributed by atoms with Gasteiger partial charge < -0.3 is 0 Å². The molecule has 1 rings (SSSR count). The van der Waals surface area contributed by atoms with E-state index in [1.165, 1.54) is 24.3 Å². The van der Waals surface area contributed by atoms with Gasteiger partial charge in [-0.2, -0.15) is 0 Å². The minimum atomic E-state index is -3.35. The molecule has 1 aromatic carbocycles. The van der Waals surface area contributed by atoms with Crippen molar-refractivity contribution in [2.45, 2.75) is 4.90 Å². The first-order chi connectivity index (χ1) is 6.99. The Labute approximate surface area is 87.0 Å². The lowest BCUT2D eigenvalue weighted by atomic mass is 9.80. The summed E-state index contributed by atoms with van der Waals surface area (Å²) in [4.78, 5) is 7.61. The lowest BCUT2D eigenvalue weighted by Crippen LogP contribution is -2.35. The highest BCUT2D eigenvalue weighted by molar-refractivity contribution is 7.90. The van der Waals surface area contributed by atoms with Gasteiger partial charge in [0.15, 0.2) is 9.84 Å². The molecule has 82 valence electrons. The van der Waals surface area contributed by atoms with E-state index in [-0.39, 0.29) is 10.4 Å². The summed E-state index contributed by atoms with van der Waals surface area (Å²) in [6.07, 6.45) is 1.04. The SMILES string of the molecule is CS(=O)(=O)c1cccc(B(OO)OO)c1. The minimum absolute atomic E-state index is 0.0408. The third-order valence-corrected chi connectivity index (χ3v) is 2.86. The molecule has 0 aliphatic carbocycles. The average molecular weight is 232 g/mol. The molecular weight excluding hydrogens is 223 g/mol. The van der Waals surface area contributed by atoms with E-state index in [0.717, 1.165) is 6.26 Å². The Morgan fingerprint density at radius 3 is 2.33 bits per heavy atom. The van der Waals surface area contributed by atoms with Gasteiger partial charge in [-0.25, -0.2) is 8.42 Å². The number of rotatable bonds is 4. The maximum Gasteiger partial charge on any atom is 0.554 e. The van der Waals surface area contributed by atoms with Crippen LogP contribution in [0.25, 0.3) is 0 Å². The molecule has 0 spiro atoms. The molecule has 15 heavy (non-hydrogen) atoms. The van der Waals surface area contributed by atoms with Gasteiger partial charge in [0.1, 0.15) is 0 Å². The Morgan fingerprint density at radius 2 is 1.87 bits per heavy atom. The smallest absolute Gasteiger partial charge is 0.264 e. The lowest BCUT2D eigenvalue weighted by molar-refractivity contribution is -0.221. The van der Waals surface area contributed by atoms with Crippen LogP contribution in [0.15, 0.2) is 29.2 Å². The summed E-state index contributed by atoms with van der Waals surface area (Å²) in [6, 6.07) is 5.49. The highest BCUT2D eigenvalue weighted by Crippen LogP contribution is 2.06. The van der Waals surface area contributed by atoms with Crippen LogP contribution in [0.3, 0.4) is 0 Å². The third kappa shape index (κ3) is 3.01. The molecule has 0 radical (unpaired) electrons. The highest BCUT2D eigenvalue weighted by atomic mass is 32.2. The van der Waals surface area contributed by atoms with Gasteiger partial charge in [-0.1, -0.05) is 12.1 Å². The van der Waals surface area contributed by atoms with Gasteiger partial charge in [0, 0.05) is 6.26 Å². The first kappa shape index (κ1) is 12.1. The van der Waals surface area contributed by atoms with Crippen LogP contribution in [0, 0.1) is 0 Å². The monoisotopic (exact) mass is 232 g/mol. The molecule has 0 bridgehead atoms. The van der Waals surface area contributed by atoms with Crippen molar-refractivity contribution in [2.24, 2.45) is 0 Å². The normalized spacial score (nSPS) is 11.4. The van der Waals surface area contributed by atoms with Gasteiger partial charge in [-0.05, 0) is 17.6 Å². The second-order valence-electron chi connectivity index (χ2n) is 2.89. The van der Waals surface area contributed by atoms with Crippen molar-refractivity contribution in [3.63, 3.8) is 0 Å². The van der Waals surface area contributed by atoms with Crippen molar-refractivity contribution in [1.82, 2.24) is 0 Å². The molecule has 0 saturated heterocycles. The van der Waals surface area contributed by atoms with E-state index in [9.17, 15) is 8.42 Å². The van der Waals surface area contributed by atoms with E-state index in [1.807, 2.05) is 0 Å². The van der Waals surface area contributed by atoms with Crippen LogP contribution in [0.5, 0.6) is 0 Å². The van der Waals surface area contributed by atoms with E-state index in [1.54, 1.807) is 0 Å². The van der Waals surface area contributed by atoms with Gasteiger partial charge in [0.25, 0.3) is 0 Å². The standard InChI is InChI=1S/C7H9BO6S/c1-15(11,12)7-4-2-3-6(5-7)8(13-9)14-10/h2-5,9-10H,1H3. The number of hydrogen-bond donors (Lipinski definition) is 2. The summed E-state index contributed by atoms with van der Waals surface area (Å²) in [7, 11) is -4.77. The predicted molar refractivity (Wildman–Crippen MR) is 52.4 cm³/mol. The Kier molecular flexibility index (Phi) is 3.83. The average Bonchev–Trinajstić information content (AvgIpc) is 2.19. The van der Waals surface area contributed by atoms with Crippen LogP contribution in [0.1, 0.15) is 0 Å². The number of benzene rings is 1. The number of hydrogen-bond acceptors (Lipinski definition) is 6. The fraction of sp³-hybridized carbons (Fsp3) is 0.143. The molecule has 0 aliphatic rings. The van der Waals surface area contributed by atoms with E-state index in [4.69, 9.17) is 10.5 Å². The van der Waals surface area contributed by atoms with Crippen molar-refractivity contribution >= 4 is 22.4 Å². The fourth-order valence-corrected chi connectivity index (χ4v) is 1.71. The van der Waals surface area contributed by atoms with Crippen molar-refractivity contribution in [1.29, 1.82) is 0 Å². The van der Waals surface area contributed by atoms with Crippen molar-refractivity contribution in [3.05, 3.63) is 24.3 Å². The van der Waals surface area contributed by atoms with E-state index in [2.05, 4.69) is 9.61 Å². The summed E-state index contributed by atoms with van der Waals surface area (Å²) >= 11 is 0. The molecule has 0 aliphatic heterocycles. The Hall–Kier alpha value is -0.925. The summed E-state index contributed by atoms with van der Waals surface area (Å²) in [6.45, 7) is 0. The van der Waals surface area contributed by atoms with Crippen molar-refractivity contribution in [2.75, 3.05) is 6.26 Å². The van der Waals surface area contributed by atoms with Gasteiger partial charge in [0.05, 0.1) is 4.90 Å². The van der Waals surface area contributed by atoms with Crippen molar-refractivity contribution in [3.8, 4) is 0 Å². The number of sulfone groups is 1. The first-order valence-corrected chi connectivity index (χ1v) is 5.78. The topological polar surface area (TPSA) is 93.1 Å².